The first-order chi connectivity index (χ1) is 9.81. The Bertz CT molecular complexity index is 411. The zero-order valence-corrected chi connectivity index (χ0v) is 12.9. The maximum absolute atomic E-state index is 12.4. The molecule has 1 aliphatic heterocycles. The Morgan fingerprint density at radius 1 is 1.24 bits per heavy atom. The predicted octanol–water partition coefficient (Wildman–Crippen LogP) is 0.854. The molecule has 6 heteroatoms. The van der Waals surface area contributed by atoms with Crippen molar-refractivity contribution < 1.29 is 14.3 Å². The summed E-state index contributed by atoms with van der Waals surface area (Å²) < 4.78 is 10.8. The summed E-state index contributed by atoms with van der Waals surface area (Å²) in [6.45, 7) is 3.03. The molecule has 0 aliphatic carbocycles. The van der Waals surface area contributed by atoms with E-state index in [2.05, 4.69) is 12.1 Å². The van der Waals surface area contributed by atoms with E-state index in [0.29, 0.717) is 39.5 Å². The zero-order chi connectivity index (χ0) is 14.2. The van der Waals surface area contributed by atoms with Gasteiger partial charge in [-0.1, -0.05) is 30.3 Å². The molecule has 2 N–H and O–H groups in total. The number of carbonyl (C=O) groups is 1. The van der Waals surface area contributed by atoms with Gasteiger partial charge in [0.15, 0.2) is 6.10 Å². The summed E-state index contributed by atoms with van der Waals surface area (Å²) in [5.74, 6) is -0.0221. The van der Waals surface area contributed by atoms with Crippen LogP contribution >= 0.6 is 12.4 Å². The maximum atomic E-state index is 12.4. The van der Waals surface area contributed by atoms with Gasteiger partial charge in [0.2, 0.25) is 0 Å². The molecule has 1 aromatic carbocycles. The van der Waals surface area contributed by atoms with E-state index in [9.17, 15) is 4.79 Å². The summed E-state index contributed by atoms with van der Waals surface area (Å²) in [7, 11) is 0. The normalized spacial score (nSPS) is 17.9. The first-order valence-corrected chi connectivity index (χ1v) is 7.03. The Hall–Kier alpha value is -1.14. The SMILES string of the molecule is Cl.NCCN(CCc1ccccc1)C(=O)C1COCCO1. The second kappa shape index (κ2) is 9.73. The lowest BCUT2D eigenvalue weighted by molar-refractivity contribution is -0.157. The third kappa shape index (κ3) is 5.63. The molecule has 2 rings (SSSR count). The Balaban J connectivity index is 0.00000220. The van der Waals surface area contributed by atoms with E-state index in [1.807, 2.05) is 18.2 Å². The standard InChI is InChI=1S/C15H22N2O3.ClH/c16-7-9-17(8-6-13-4-2-1-3-5-13)15(18)14-12-19-10-11-20-14;/h1-5,14H,6-12,16H2;1H. The first-order valence-electron chi connectivity index (χ1n) is 7.03. The maximum Gasteiger partial charge on any atom is 0.254 e. The van der Waals surface area contributed by atoms with Gasteiger partial charge in [-0.25, -0.2) is 0 Å². The van der Waals surface area contributed by atoms with Crippen LogP contribution in [0.15, 0.2) is 30.3 Å². The van der Waals surface area contributed by atoms with Crippen LogP contribution in [0.5, 0.6) is 0 Å². The lowest BCUT2D eigenvalue weighted by atomic mass is 10.1. The minimum absolute atomic E-state index is 0. The number of benzene rings is 1. The third-order valence-electron chi connectivity index (χ3n) is 3.32. The number of carbonyl (C=O) groups excluding carboxylic acids is 1. The van der Waals surface area contributed by atoms with Gasteiger partial charge in [0.05, 0.1) is 19.8 Å². The van der Waals surface area contributed by atoms with E-state index in [-0.39, 0.29) is 18.3 Å². The molecule has 1 fully saturated rings. The molecule has 0 bridgehead atoms. The van der Waals surface area contributed by atoms with Crippen LogP contribution in [0, 0.1) is 0 Å². The van der Waals surface area contributed by atoms with Crippen molar-refractivity contribution in [1.29, 1.82) is 0 Å². The average Bonchev–Trinajstić information content (AvgIpc) is 2.52. The number of nitrogens with two attached hydrogens (primary N) is 1. The number of halogens is 1. The molecule has 21 heavy (non-hydrogen) atoms. The van der Waals surface area contributed by atoms with Crippen LogP contribution < -0.4 is 5.73 Å². The number of nitrogens with zero attached hydrogens (tertiary/aromatic N) is 1. The summed E-state index contributed by atoms with van der Waals surface area (Å²) in [5, 5.41) is 0. The molecule has 0 aromatic heterocycles. The summed E-state index contributed by atoms with van der Waals surface area (Å²) >= 11 is 0. The van der Waals surface area contributed by atoms with Crippen LogP contribution in [0.2, 0.25) is 0 Å². The van der Waals surface area contributed by atoms with Crippen molar-refractivity contribution in [2.45, 2.75) is 12.5 Å². The van der Waals surface area contributed by atoms with Gasteiger partial charge in [-0.05, 0) is 12.0 Å². The van der Waals surface area contributed by atoms with Gasteiger partial charge in [0.25, 0.3) is 5.91 Å². The second-order valence-corrected chi connectivity index (χ2v) is 4.78. The first kappa shape index (κ1) is 17.9. The molecule has 0 saturated carbocycles. The summed E-state index contributed by atoms with van der Waals surface area (Å²) in [5.41, 5.74) is 6.81. The number of rotatable bonds is 6. The highest BCUT2D eigenvalue weighted by atomic mass is 35.5. The van der Waals surface area contributed by atoms with Crippen molar-refractivity contribution in [3.63, 3.8) is 0 Å². The molecular formula is C15H23ClN2O3. The van der Waals surface area contributed by atoms with E-state index in [4.69, 9.17) is 15.2 Å². The Morgan fingerprint density at radius 2 is 2.00 bits per heavy atom. The quantitative estimate of drug-likeness (QED) is 0.845. The predicted molar refractivity (Wildman–Crippen MR) is 83.6 cm³/mol. The summed E-state index contributed by atoms with van der Waals surface area (Å²) in [6, 6.07) is 10.1. The fraction of sp³-hybridized carbons (Fsp3) is 0.533. The topological polar surface area (TPSA) is 64.8 Å². The van der Waals surface area contributed by atoms with Gasteiger partial charge in [-0.3, -0.25) is 4.79 Å². The van der Waals surface area contributed by atoms with Crippen LogP contribution in [-0.4, -0.2) is 56.4 Å². The smallest absolute Gasteiger partial charge is 0.254 e. The van der Waals surface area contributed by atoms with Gasteiger partial charge in [-0.15, -0.1) is 12.4 Å². The zero-order valence-electron chi connectivity index (χ0n) is 12.1. The molecule has 1 atom stereocenters. The molecule has 1 unspecified atom stereocenters. The number of hydrogen-bond acceptors (Lipinski definition) is 4. The Morgan fingerprint density at radius 3 is 2.62 bits per heavy atom. The van der Waals surface area contributed by atoms with Crippen molar-refractivity contribution in [2.24, 2.45) is 5.73 Å². The molecular weight excluding hydrogens is 292 g/mol. The third-order valence-corrected chi connectivity index (χ3v) is 3.32. The molecule has 0 spiro atoms. The molecule has 5 nitrogen and oxygen atoms in total. The minimum atomic E-state index is -0.480. The molecule has 1 aliphatic rings. The molecule has 118 valence electrons. The van der Waals surface area contributed by atoms with Crippen molar-refractivity contribution in [3.8, 4) is 0 Å². The lowest BCUT2D eigenvalue weighted by Gasteiger charge is -2.29. The van der Waals surface area contributed by atoms with Gasteiger partial charge >= 0.3 is 0 Å². The minimum Gasteiger partial charge on any atom is -0.376 e. The average molecular weight is 315 g/mol. The summed E-state index contributed by atoms with van der Waals surface area (Å²) in [4.78, 5) is 14.1. The largest absolute Gasteiger partial charge is 0.376 e. The highest BCUT2D eigenvalue weighted by Crippen LogP contribution is 2.07. The summed E-state index contributed by atoms with van der Waals surface area (Å²) in [6.07, 6.45) is 0.339. The van der Waals surface area contributed by atoms with Crippen LogP contribution in [0.4, 0.5) is 0 Å². The second-order valence-electron chi connectivity index (χ2n) is 4.78. The lowest BCUT2D eigenvalue weighted by Crippen LogP contribution is -2.47. The monoisotopic (exact) mass is 314 g/mol. The van der Waals surface area contributed by atoms with E-state index in [1.165, 1.54) is 5.56 Å². The van der Waals surface area contributed by atoms with E-state index >= 15 is 0 Å². The molecule has 1 amide bonds. The number of hydrogen-bond donors (Lipinski definition) is 1. The van der Waals surface area contributed by atoms with Crippen LogP contribution in [0.1, 0.15) is 5.56 Å². The van der Waals surface area contributed by atoms with E-state index < -0.39 is 6.10 Å². The Labute approximate surface area is 131 Å². The fourth-order valence-corrected chi connectivity index (χ4v) is 2.23. The van der Waals surface area contributed by atoms with E-state index in [1.54, 1.807) is 4.90 Å². The number of amides is 1. The van der Waals surface area contributed by atoms with E-state index in [0.717, 1.165) is 6.42 Å². The van der Waals surface area contributed by atoms with Crippen molar-refractivity contribution in [3.05, 3.63) is 35.9 Å². The van der Waals surface area contributed by atoms with Gasteiger partial charge in [-0.2, -0.15) is 0 Å². The fourth-order valence-electron chi connectivity index (χ4n) is 2.23. The van der Waals surface area contributed by atoms with Crippen molar-refractivity contribution >= 4 is 18.3 Å². The van der Waals surface area contributed by atoms with Crippen molar-refractivity contribution in [1.82, 2.24) is 4.90 Å². The molecule has 1 saturated heterocycles. The van der Waals surface area contributed by atoms with Gasteiger partial charge in [0, 0.05) is 19.6 Å². The van der Waals surface area contributed by atoms with Gasteiger partial charge < -0.3 is 20.1 Å². The van der Waals surface area contributed by atoms with Crippen LogP contribution in [0.3, 0.4) is 0 Å². The molecule has 0 radical (unpaired) electrons. The molecule has 1 heterocycles. The molecule has 1 aromatic rings. The number of ether oxygens (including phenoxy) is 2. The highest BCUT2D eigenvalue weighted by Gasteiger charge is 2.26. The van der Waals surface area contributed by atoms with Crippen molar-refractivity contribution in [2.75, 3.05) is 39.5 Å². The highest BCUT2D eigenvalue weighted by molar-refractivity contribution is 5.85. The van der Waals surface area contributed by atoms with Crippen LogP contribution in [-0.2, 0) is 20.7 Å². The Kier molecular flexibility index (Phi) is 8.30. The van der Waals surface area contributed by atoms with Gasteiger partial charge in [0.1, 0.15) is 0 Å². The van der Waals surface area contributed by atoms with Crippen LogP contribution in [0.25, 0.3) is 0 Å².